The summed E-state index contributed by atoms with van der Waals surface area (Å²) in [6.07, 6.45) is -0.818. The van der Waals surface area contributed by atoms with Crippen molar-refractivity contribution in [3.8, 4) is 0 Å². The zero-order valence-electron chi connectivity index (χ0n) is 8.60. The maximum Gasteiger partial charge on any atom is 0.421 e. The van der Waals surface area contributed by atoms with E-state index in [1.807, 2.05) is 0 Å². The fraction of sp³-hybridized carbons (Fsp3) is 0.667. The van der Waals surface area contributed by atoms with Gasteiger partial charge in [0.2, 0.25) is 0 Å². The molecule has 1 N–H and O–H groups in total. The second kappa shape index (κ2) is 4.93. The average molecular weight is 231 g/mol. The van der Waals surface area contributed by atoms with Crippen LogP contribution in [0.5, 0.6) is 0 Å². The zero-order chi connectivity index (χ0) is 12.2. The van der Waals surface area contributed by atoms with E-state index in [1.54, 1.807) is 0 Å². The van der Waals surface area contributed by atoms with E-state index in [1.165, 1.54) is 0 Å². The van der Waals surface area contributed by atoms with Gasteiger partial charge in [-0.1, -0.05) is 0 Å². The molecule has 0 aromatic rings. The maximum atomic E-state index is 11.5. The first-order valence-electron chi connectivity index (χ1n) is 4.52. The molecular formula is C9H11O7. The number of carbonyl (C=O) groups excluding carboxylic acids is 3. The normalized spacial score (nSPS) is 18.1. The quantitative estimate of drug-likeness (QED) is 0.456. The summed E-state index contributed by atoms with van der Waals surface area (Å²) in [4.78, 5) is 32.4. The predicted octanol–water partition coefficient (Wildman–Crippen LogP) is -1.12. The molecule has 0 aromatic carbocycles. The Balaban J connectivity index is 2.58. The molecule has 1 unspecified atom stereocenters. The van der Waals surface area contributed by atoms with Gasteiger partial charge in [0.05, 0.1) is 19.1 Å². The lowest BCUT2D eigenvalue weighted by Gasteiger charge is -2.16. The van der Waals surface area contributed by atoms with Crippen LogP contribution in [0.2, 0.25) is 0 Å². The van der Waals surface area contributed by atoms with Gasteiger partial charge in [0.1, 0.15) is 0 Å². The lowest BCUT2D eigenvalue weighted by Crippen LogP contribution is -2.35. The lowest BCUT2D eigenvalue weighted by atomic mass is 10.1. The van der Waals surface area contributed by atoms with Crippen molar-refractivity contribution < 1.29 is 33.7 Å². The maximum absolute atomic E-state index is 11.5. The van der Waals surface area contributed by atoms with Gasteiger partial charge in [-0.25, -0.2) is 9.59 Å². The third-order valence-electron chi connectivity index (χ3n) is 2.35. The van der Waals surface area contributed by atoms with Crippen molar-refractivity contribution in [2.75, 3.05) is 13.7 Å². The molecule has 1 rings (SSSR count). The van der Waals surface area contributed by atoms with Gasteiger partial charge in [-0.15, -0.1) is 0 Å². The fourth-order valence-corrected chi connectivity index (χ4v) is 1.06. The van der Waals surface area contributed by atoms with Gasteiger partial charge in [0, 0.05) is 0 Å². The molecule has 89 valence electrons. The monoisotopic (exact) mass is 231 g/mol. The van der Waals surface area contributed by atoms with E-state index in [9.17, 15) is 14.4 Å². The van der Waals surface area contributed by atoms with Crippen molar-refractivity contribution in [2.45, 2.75) is 19.1 Å². The molecule has 1 aliphatic rings. The predicted molar refractivity (Wildman–Crippen MR) is 47.4 cm³/mol. The number of esters is 2. The third kappa shape index (κ3) is 2.48. The van der Waals surface area contributed by atoms with Crippen LogP contribution in [0.1, 0.15) is 12.8 Å². The summed E-state index contributed by atoms with van der Waals surface area (Å²) >= 11 is 0. The lowest BCUT2D eigenvalue weighted by molar-refractivity contribution is -0.191. The molecule has 1 saturated carbocycles. The zero-order valence-corrected chi connectivity index (χ0v) is 8.60. The summed E-state index contributed by atoms with van der Waals surface area (Å²) in [5.74, 6) is -1.81. The van der Waals surface area contributed by atoms with E-state index < -0.39 is 23.6 Å². The van der Waals surface area contributed by atoms with Crippen molar-refractivity contribution >= 4 is 18.4 Å². The van der Waals surface area contributed by atoms with E-state index in [0.29, 0.717) is 12.8 Å². The number of hydrogen-bond acceptors (Lipinski definition) is 7. The summed E-state index contributed by atoms with van der Waals surface area (Å²) in [6.45, 7) is 0.617. The molecule has 1 aliphatic carbocycles. The van der Waals surface area contributed by atoms with E-state index in [0.717, 1.165) is 13.6 Å². The summed E-state index contributed by atoms with van der Waals surface area (Å²) in [7, 11) is 1.05. The highest BCUT2D eigenvalue weighted by Crippen LogP contribution is 2.46. The minimum absolute atomic E-state index is 0.371. The number of carbonyl (C=O) groups is 2. The number of aliphatic hydroxyl groups excluding tert-OH is 1. The molecule has 0 saturated heterocycles. The van der Waals surface area contributed by atoms with Crippen LogP contribution >= 0.6 is 0 Å². The number of ether oxygens (including phenoxy) is 3. The van der Waals surface area contributed by atoms with Crippen LogP contribution in [0.4, 0.5) is 0 Å². The minimum atomic E-state index is -1.76. The van der Waals surface area contributed by atoms with E-state index in [4.69, 9.17) is 5.11 Å². The topological polar surface area (TPSA) is 99.1 Å². The first kappa shape index (κ1) is 12.4. The highest BCUT2D eigenvalue weighted by molar-refractivity contribution is 5.84. The fourth-order valence-electron chi connectivity index (χ4n) is 1.06. The molecule has 1 radical (unpaired) electrons. The largest absolute Gasteiger partial charge is 0.463 e. The molecule has 0 bridgehead atoms. The smallest absolute Gasteiger partial charge is 0.421 e. The van der Waals surface area contributed by atoms with Crippen LogP contribution in [0.25, 0.3) is 0 Å². The van der Waals surface area contributed by atoms with E-state index in [-0.39, 0.29) is 6.61 Å². The van der Waals surface area contributed by atoms with Crippen LogP contribution in [0, 0.1) is 5.41 Å². The van der Waals surface area contributed by atoms with E-state index >= 15 is 0 Å². The van der Waals surface area contributed by atoms with Crippen LogP contribution in [-0.2, 0) is 28.6 Å². The Morgan fingerprint density at radius 2 is 2.12 bits per heavy atom. The Morgan fingerprint density at radius 1 is 1.50 bits per heavy atom. The summed E-state index contributed by atoms with van der Waals surface area (Å²) < 4.78 is 13.0. The summed E-state index contributed by atoms with van der Waals surface area (Å²) in [6, 6.07) is 0. The summed E-state index contributed by atoms with van der Waals surface area (Å²) in [5, 5.41) is 8.93. The molecule has 7 heteroatoms. The molecule has 0 amide bonds. The number of rotatable bonds is 6. The first-order chi connectivity index (χ1) is 7.59. The van der Waals surface area contributed by atoms with Crippen LogP contribution in [0.3, 0.4) is 0 Å². The van der Waals surface area contributed by atoms with Crippen molar-refractivity contribution in [1.29, 1.82) is 0 Å². The Bertz CT molecular complexity index is 294. The highest BCUT2D eigenvalue weighted by atomic mass is 16.7. The third-order valence-corrected chi connectivity index (χ3v) is 2.35. The Labute approximate surface area is 91.3 Å². The highest BCUT2D eigenvalue weighted by Gasteiger charge is 2.52. The molecule has 0 aliphatic heterocycles. The summed E-state index contributed by atoms with van der Waals surface area (Å²) in [5.41, 5.74) is -0.960. The van der Waals surface area contributed by atoms with Gasteiger partial charge in [-0.3, -0.25) is 4.79 Å². The number of aliphatic hydroxyl groups is 1. The molecule has 0 heterocycles. The van der Waals surface area contributed by atoms with Crippen molar-refractivity contribution in [3.05, 3.63) is 0 Å². The SMILES string of the molecule is COC(=O)C(O[C]=O)OC(=O)C1(CO)CC1. The molecule has 0 spiro atoms. The van der Waals surface area contributed by atoms with Crippen LogP contribution in [-0.4, -0.2) is 43.5 Å². The van der Waals surface area contributed by atoms with Crippen molar-refractivity contribution in [2.24, 2.45) is 5.41 Å². The van der Waals surface area contributed by atoms with Crippen molar-refractivity contribution in [1.82, 2.24) is 0 Å². The van der Waals surface area contributed by atoms with Gasteiger partial charge in [-0.2, -0.15) is 0 Å². The molecular weight excluding hydrogens is 220 g/mol. The van der Waals surface area contributed by atoms with Gasteiger partial charge < -0.3 is 19.3 Å². The van der Waals surface area contributed by atoms with E-state index in [2.05, 4.69) is 14.2 Å². The second-order valence-corrected chi connectivity index (χ2v) is 3.40. The molecule has 1 atom stereocenters. The molecule has 16 heavy (non-hydrogen) atoms. The van der Waals surface area contributed by atoms with Crippen LogP contribution in [0.15, 0.2) is 0 Å². The van der Waals surface area contributed by atoms with Gasteiger partial charge in [-0.05, 0) is 12.8 Å². The van der Waals surface area contributed by atoms with Gasteiger partial charge in [0.15, 0.2) is 0 Å². The van der Waals surface area contributed by atoms with Crippen LogP contribution < -0.4 is 0 Å². The van der Waals surface area contributed by atoms with Crippen molar-refractivity contribution in [3.63, 3.8) is 0 Å². The Morgan fingerprint density at radius 3 is 2.50 bits per heavy atom. The average Bonchev–Trinajstić information content (AvgIpc) is 3.08. The standard InChI is InChI=1S/C9H11O7/c1-14-6(12)7(15-5-11)16-8(13)9(4-10)2-3-9/h7,10H,2-4H2,1H3. The Kier molecular flexibility index (Phi) is 3.83. The Hall–Kier alpha value is -1.63. The first-order valence-corrected chi connectivity index (χ1v) is 4.52. The number of hydrogen-bond donors (Lipinski definition) is 1. The minimum Gasteiger partial charge on any atom is -0.463 e. The second-order valence-electron chi connectivity index (χ2n) is 3.40. The molecule has 0 aromatic heterocycles. The van der Waals surface area contributed by atoms with Gasteiger partial charge >= 0.3 is 24.7 Å². The molecule has 1 fully saturated rings. The van der Waals surface area contributed by atoms with Gasteiger partial charge in [0.25, 0.3) is 0 Å². The molecule has 7 nitrogen and oxygen atoms in total. The number of methoxy groups -OCH3 is 1.